The molecule has 0 unspecified atom stereocenters. The Balaban J connectivity index is 0.982. The van der Waals surface area contributed by atoms with Gasteiger partial charge in [-0.1, -0.05) is 107 Å². The first-order valence-corrected chi connectivity index (χ1v) is 28.9. The van der Waals surface area contributed by atoms with Gasteiger partial charge in [-0.15, -0.1) is 0 Å². The minimum atomic E-state index is -0.792. The van der Waals surface area contributed by atoms with Gasteiger partial charge in [-0.05, 0) is 123 Å². The Labute approximate surface area is 478 Å². The number of piperidine rings is 1. The average Bonchev–Trinajstić information content (AvgIpc) is 3.51. The summed E-state index contributed by atoms with van der Waals surface area (Å²) in [4.78, 5) is 77.4. The molecule has 4 fully saturated rings. The smallest absolute Gasteiger partial charge is 0.407 e. The van der Waals surface area contributed by atoms with Crippen LogP contribution in [0.25, 0.3) is 23.2 Å². The number of hydrogen-bond donors (Lipinski definition) is 4. The number of halogens is 2. The lowest BCUT2D eigenvalue weighted by atomic mass is 9.68. The van der Waals surface area contributed by atoms with Crippen molar-refractivity contribution >= 4 is 58.6 Å². The van der Waals surface area contributed by atoms with E-state index in [-0.39, 0.29) is 52.9 Å². The molecule has 432 valence electrons. The predicted octanol–water partition coefficient (Wildman–Crippen LogP) is 9.79. The second-order valence-electron chi connectivity index (χ2n) is 23.0. The number of aromatic amines is 2. The quantitative estimate of drug-likeness (QED) is 0.0773. The zero-order valence-electron chi connectivity index (χ0n) is 48.0. The zero-order valence-corrected chi connectivity index (χ0v) is 48.0. The molecule has 4 N–H and O–H groups in total. The van der Waals surface area contributed by atoms with Gasteiger partial charge in [0, 0.05) is 37.3 Å². The number of carbonyl (C=O) groups excluding carboxylic acids is 4. The summed E-state index contributed by atoms with van der Waals surface area (Å²) in [7, 11) is 2.54. The van der Waals surface area contributed by atoms with E-state index in [1.54, 1.807) is 9.80 Å². The van der Waals surface area contributed by atoms with Crippen LogP contribution in [0.5, 0.6) is 0 Å². The van der Waals surface area contributed by atoms with Crippen LogP contribution in [0.4, 0.5) is 29.7 Å². The topological polar surface area (TPSA) is 181 Å². The van der Waals surface area contributed by atoms with E-state index in [0.717, 1.165) is 29.3 Å². The molecule has 6 aromatic rings. The van der Waals surface area contributed by atoms with Gasteiger partial charge in [-0.2, -0.15) is 0 Å². The molecule has 0 saturated carbocycles. The van der Waals surface area contributed by atoms with Gasteiger partial charge < -0.3 is 49.7 Å². The maximum Gasteiger partial charge on any atom is 0.407 e. The van der Waals surface area contributed by atoms with Crippen LogP contribution >= 0.6 is 0 Å². The van der Waals surface area contributed by atoms with Crippen molar-refractivity contribution in [2.45, 2.75) is 128 Å². The zero-order chi connectivity index (χ0) is 58.0. The van der Waals surface area contributed by atoms with Crippen LogP contribution in [0, 0.1) is 23.5 Å². The van der Waals surface area contributed by atoms with E-state index >= 15 is 8.78 Å². The SMILES string of the molecule is C=C(/C=c1/nc([C@@H]2CCCN2C(=O)[C@@H](NC(=O)OC)C(C)C)[nH]/c1=C/C)[C@H]1CC[C@H](c2ccc3[nH]c([C@@H]4CCCN4C(=O)[C@@H](NC(=O)OC)C(C)C)nc3c2)N1c1cc(F)c(N2CCC(c3ccccc3)(c3ccccc3)CC2)c(F)c1. The highest BCUT2D eigenvalue weighted by Crippen LogP contribution is 2.47. The summed E-state index contributed by atoms with van der Waals surface area (Å²) in [6.07, 6.45) is 7.90. The molecule has 18 heteroatoms. The first-order valence-electron chi connectivity index (χ1n) is 28.9. The van der Waals surface area contributed by atoms with E-state index in [4.69, 9.17) is 19.4 Å². The summed E-state index contributed by atoms with van der Waals surface area (Å²) in [6, 6.07) is 26.6. The molecule has 0 spiro atoms. The van der Waals surface area contributed by atoms with Crippen LogP contribution in [0.3, 0.4) is 0 Å². The van der Waals surface area contributed by atoms with Crippen LogP contribution < -0.4 is 31.1 Å². The van der Waals surface area contributed by atoms with Crippen molar-refractivity contribution in [3.63, 3.8) is 0 Å². The third-order valence-corrected chi connectivity index (χ3v) is 17.5. The molecule has 2 aromatic heterocycles. The van der Waals surface area contributed by atoms with Crippen molar-refractivity contribution in [2.24, 2.45) is 11.8 Å². The number of anilines is 2. The lowest BCUT2D eigenvalue weighted by Crippen LogP contribution is -2.51. The number of imidazole rings is 2. The Hall–Kier alpha value is -8.02. The second kappa shape index (κ2) is 24.2. The Morgan fingerprint density at radius 3 is 1.74 bits per heavy atom. The Bertz CT molecular complexity index is 3380. The predicted molar refractivity (Wildman–Crippen MR) is 313 cm³/mol. The van der Waals surface area contributed by atoms with Crippen molar-refractivity contribution in [1.29, 1.82) is 0 Å². The molecule has 6 heterocycles. The van der Waals surface area contributed by atoms with Crippen molar-refractivity contribution in [3.05, 3.63) is 154 Å². The van der Waals surface area contributed by atoms with Crippen LogP contribution in [0.1, 0.15) is 132 Å². The highest BCUT2D eigenvalue weighted by molar-refractivity contribution is 5.87. The molecule has 4 amide bonds. The molecule has 10 rings (SSSR count). The molecule has 0 radical (unpaired) electrons. The molecule has 6 atom stereocenters. The van der Waals surface area contributed by atoms with E-state index in [0.29, 0.717) is 98.5 Å². The molecule has 4 aliphatic rings. The third kappa shape index (κ3) is 11.2. The summed E-state index contributed by atoms with van der Waals surface area (Å²) in [6.45, 7) is 16.0. The van der Waals surface area contributed by atoms with E-state index in [1.807, 2.05) is 106 Å². The van der Waals surface area contributed by atoms with Gasteiger partial charge in [-0.25, -0.2) is 28.3 Å². The number of benzene rings is 4. The van der Waals surface area contributed by atoms with Gasteiger partial charge >= 0.3 is 12.2 Å². The van der Waals surface area contributed by atoms with Gasteiger partial charge in [0.05, 0.1) is 60.1 Å². The number of likely N-dealkylation sites (tertiary alicyclic amines) is 2. The third-order valence-electron chi connectivity index (χ3n) is 17.5. The second-order valence-corrected chi connectivity index (χ2v) is 23.0. The van der Waals surface area contributed by atoms with Gasteiger partial charge in [0.25, 0.3) is 0 Å². The number of amides is 4. The lowest BCUT2D eigenvalue weighted by molar-refractivity contribution is -0.136. The molecular formula is C64H76F2N10O6. The van der Waals surface area contributed by atoms with Crippen molar-refractivity contribution in [1.82, 2.24) is 40.4 Å². The molecule has 16 nitrogen and oxygen atoms in total. The molecular weight excluding hydrogens is 1040 g/mol. The Kier molecular flexibility index (Phi) is 16.9. The number of H-pyrrole nitrogens is 2. The minimum absolute atomic E-state index is 0.0470. The first kappa shape index (κ1) is 57.2. The fraction of sp³-hybridized carbons (Fsp3) is 0.438. The van der Waals surface area contributed by atoms with Crippen LogP contribution in [0.15, 0.2) is 103 Å². The number of nitrogens with one attached hydrogen (secondary N) is 4. The average molecular weight is 1120 g/mol. The van der Waals surface area contributed by atoms with Gasteiger partial charge in [0.15, 0.2) is 11.6 Å². The van der Waals surface area contributed by atoms with E-state index in [1.165, 1.54) is 37.5 Å². The number of nitrogens with zero attached hydrogens (tertiary/aromatic N) is 6. The van der Waals surface area contributed by atoms with Gasteiger partial charge in [-0.3, -0.25) is 9.59 Å². The van der Waals surface area contributed by atoms with E-state index in [2.05, 4.69) is 56.3 Å². The molecule has 82 heavy (non-hydrogen) atoms. The fourth-order valence-corrected chi connectivity index (χ4v) is 13.2. The fourth-order valence-electron chi connectivity index (χ4n) is 13.2. The number of aromatic nitrogens is 4. The van der Waals surface area contributed by atoms with Crippen molar-refractivity contribution < 1.29 is 37.4 Å². The maximum absolute atomic E-state index is 17.2. The standard InChI is InChI=1S/C64H76F2N10O6/c1-9-47-49(69-58(67-47)53-22-16-30-74(53)60(77)55(38(2)3)71-62(79)81-7)34-40(6)51-26-27-52(41-24-25-48-50(35-41)70-59(68-48)54-23-17-31-75(54)61(78)56(39(4)5)72-63(80)82-8)76(51)44-36-45(65)57(46(66)37-44)73-32-28-64(29-33-73,42-18-12-10-13-19-42)43-20-14-11-15-21-43/h9-15,18-21,24-25,34-39,51-56H,6,16-17,22-23,26-33H2,1-5,7-8H3,(H,67,69)(H,68,70)(H,71,79)(H,72,80)/b47-9+,49-34+/t51-,52-,53+,54+,55+,56+/m1/s1. The van der Waals surface area contributed by atoms with Crippen molar-refractivity contribution in [2.75, 3.05) is 50.2 Å². The summed E-state index contributed by atoms with van der Waals surface area (Å²) in [5.74, 6) is -0.866. The summed E-state index contributed by atoms with van der Waals surface area (Å²) in [5.41, 5.74) is 5.39. The largest absolute Gasteiger partial charge is 0.453 e. The highest BCUT2D eigenvalue weighted by Gasteiger charge is 2.43. The number of carbonyl (C=O) groups is 4. The van der Waals surface area contributed by atoms with Gasteiger partial charge in [0.2, 0.25) is 11.8 Å². The van der Waals surface area contributed by atoms with Crippen molar-refractivity contribution in [3.8, 4) is 0 Å². The normalized spacial score (nSPS) is 21.2. The van der Waals surface area contributed by atoms with Crippen LogP contribution in [-0.4, -0.2) is 112 Å². The van der Waals surface area contributed by atoms with Crippen LogP contribution in [-0.2, 0) is 24.5 Å². The first-order chi connectivity index (χ1) is 39.5. The van der Waals surface area contributed by atoms with Gasteiger partial charge in [0.1, 0.15) is 29.4 Å². The minimum Gasteiger partial charge on any atom is -0.453 e. The Morgan fingerprint density at radius 1 is 0.695 bits per heavy atom. The summed E-state index contributed by atoms with van der Waals surface area (Å²) >= 11 is 0. The maximum atomic E-state index is 17.2. The number of ether oxygens (including phenoxy) is 2. The molecule has 4 aliphatic heterocycles. The number of fused-ring (bicyclic) bond motifs is 1. The summed E-state index contributed by atoms with van der Waals surface area (Å²) < 4.78 is 44.2. The van der Waals surface area contributed by atoms with Crippen LogP contribution in [0.2, 0.25) is 0 Å². The number of hydrogen-bond acceptors (Lipinski definition) is 10. The van der Waals surface area contributed by atoms with E-state index < -0.39 is 41.9 Å². The molecule has 4 aromatic carbocycles. The Morgan fingerprint density at radius 2 is 1.23 bits per heavy atom. The lowest BCUT2D eigenvalue weighted by Gasteiger charge is -2.44. The molecule has 0 aliphatic carbocycles. The highest BCUT2D eigenvalue weighted by atomic mass is 19.1. The molecule has 0 bridgehead atoms. The monoisotopic (exact) mass is 1120 g/mol. The number of methoxy groups -OCH3 is 2. The van der Waals surface area contributed by atoms with E-state index in [9.17, 15) is 19.2 Å². The summed E-state index contributed by atoms with van der Waals surface area (Å²) in [5, 5.41) is 6.79. The number of rotatable bonds is 15. The number of alkyl carbamates (subject to hydrolysis) is 2. The molecule has 4 saturated heterocycles.